The number of hydrogen-bond acceptors (Lipinski definition) is 1. The second-order valence-electron chi connectivity index (χ2n) is 3.67. The molecule has 0 atom stereocenters. The Morgan fingerprint density at radius 2 is 2.23 bits per heavy atom. The van der Waals surface area contributed by atoms with Crippen molar-refractivity contribution in [1.29, 1.82) is 0 Å². The third-order valence-corrected chi connectivity index (χ3v) is 2.31. The summed E-state index contributed by atoms with van der Waals surface area (Å²) in [4.78, 5) is 0. The molecule has 0 spiro atoms. The van der Waals surface area contributed by atoms with Crippen LogP contribution in [0, 0.1) is 18.7 Å². The number of ether oxygens (including phenoxy) is 1. The molecule has 0 saturated heterocycles. The fourth-order valence-electron chi connectivity index (χ4n) is 1.21. The van der Waals surface area contributed by atoms with Crippen LogP contribution in [-0.2, 0) is 0 Å². The summed E-state index contributed by atoms with van der Waals surface area (Å²) < 4.78 is 18.4. The number of benzene rings is 1. The summed E-state index contributed by atoms with van der Waals surface area (Å²) in [5.74, 6) is 1.36. The third-order valence-electron chi connectivity index (χ3n) is 2.31. The van der Waals surface area contributed by atoms with Crippen molar-refractivity contribution < 1.29 is 9.13 Å². The minimum Gasteiger partial charge on any atom is -0.493 e. The highest BCUT2D eigenvalue weighted by atomic mass is 19.1. The van der Waals surface area contributed by atoms with E-state index < -0.39 is 0 Å². The van der Waals surface area contributed by atoms with Gasteiger partial charge in [-0.1, -0.05) is 0 Å². The molecule has 1 aromatic rings. The van der Waals surface area contributed by atoms with Gasteiger partial charge in [0.25, 0.3) is 0 Å². The summed E-state index contributed by atoms with van der Waals surface area (Å²) >= 11 is 0. The molecule has 1 nitrogen and oxygen atoms in total. The Bertz CT molecular complexity index is 305. The Kier molecular flexibility index (Phi) is 2.21. The first-order valence-electron chi connectivity index (χ1n) is 4.64. The van der Waals surface area contributed by atoms with Crippen LogP contribution in [0.25, 0.3) is 0 Å². The van der Waals surface area contributed by atoms with Crippen LogP contribution in [0.3, 0.4) is 0 Å². The number of rotatable bonds is 3. The molecule has 0 heterocycles. The van der Waals surface area contributed by atoms with E-state index in [9.17, 15) is 4.39 Å². The summed E-state index contributed by atoms with van der Waals surface area (Å²) in [5.41, 5.74) is 0.647. The largest absolute Gasteiger partial charge is 0.493 e. The highest BCUT2D eigenvalue weighted by molar-refractivity contribution is 5.28. The van der Waals surface area contributed by atoms with Crippen LogP contribution in [0.1, 0.15) is 18.4 Å². The summed E-state index contributed by atoms with van der Waals surface area (Å²) in [6.07, 6.45) is 2.56. The van der Waals surface area contributed by atoms with E-state index in [4.69, 9.17) is 4.74 Å². The van der Waals surface area contributed by atoms with Gasteiger partial charge in [-0.25, -0.2) is 4.39 Å². The third kappa shape index (κ3) is 2.20. The van der Waals surface area contributed by atoms with Gasteiger partial charge in [-0.3, -0.25) is 0 Å². The quantitative estimate of drug-likeness (QED) is 0.695. The molecular weight excluding hydrogens is 167 g/mol. The molecule has 1 aliphatic carbocycles. The van der Waals surface area contributed by atoms with Gasteiger partial charge < -0.3 is 4.74 Å². The zero-order valence-electron chi connectivity index (χ0n) is 7.72. The smallest absolute Gasteiger partial charge is 0.126 e. The molecule has 1 saturated carbocycles. The Balaban J connectivity index is 1.98. The van der Waals surface area contributed by atoms with Crippen LogP contribution in [0.15, 0.2) is 18.2 Å². The SMILES string of the molecule is Cc1cc(OCC2CC2)ccc1F. The fourth-order valence-corrected chi connectivity index (χ4v) is 1.21. The first-order valence-corrected chi connectivity index (χ1v) is 4.64. The molecule has 1 aliphatic rings. The molecule has 0 aliphatic heterocycles. The lowest BCUT2D eigenvalue weighted by Crippen LogP contribution is -1.99. The molecule has 70 valence electrons. The van der Waals surface area contributed by atoms with Crippen molar-refractivity contribution in [1.82, 2.24) is 0 Å². The van der Waals surface area contributed by atoms with E-state index in [0.717, 1.165) is 18.3 Å². The van der Waals surface area contributed by atoms with Gasteiger partial charge in [-0.2, -0.15) is 0 Å². The van der Waals surface area contributed by atoms with Crippen LogP contribution in [-0.4, -0.2) is 6.61 Å². The fraction of sp³-hybridized carbons (Fsp3) is 0.455. The molecule has 1 aromatic carbocycles. The Morgan fingerprint density at radius 3 is 2.85 bits per heavy atom. The van der Waals surface area contributed by atoms with Gasteiger partial charge in [0.2, 0.25) is 0 Å². The standard InChI is InChI=1S/C11H13FO/c1-8-6-10(4-5-11(8)12)13-7-9-2-3-9/h4-6,9H,2-3,7H2,1H3. The van der Waals surface area contributed by atoms with Crippen molar-refractivity contribution in [2.24, 2.45) is 5.92 Å². The monoisotopic (exact) mass is 180 g/mol. The second-order valence-corrected chi connectivity index (χ2v) is 3.67. The molecule has 1 fully saturated rings. The van der Waals surface area contributed by atoms with Crippen LogP contribution in [0.4, 0.5) is 4.39 Å². The van der Waals surface area contributed by atoms with Gasteiger partial charge in [0.05, 0.1) is 6.61 Å². The van der Waals surface area contributed by atoms with Gasteiger partial charge in [-0.05, 0) is 49.4 Å². The molecule has 0 aromatic heterocycles. The lowest BCUT2D eigenvalue weighted by Gasteiger charge is -2.05. The lowest BCUT2D eigenvalue weighted by atomic mass is 10.2. The van der Waals surface area contributed by atoms with Gasteiger partial charge >= 0.3 is 0 Å². The maximum absolute atomic E-state index is 12.9. The maximum atomic E-state index is 12.9. The van der Waals surface area contributed by atoms with Crippen LogP contribution in [0.5, 0.6) is 5.75 Å². The summed E-state index contributed by atoms with van der Waals surface area (Å²) in [7, 11) is 0. The van der Waals surface area contributed by atoms with Gasteiger partial charge in [0.1, 0.15) is 11.6 Å². The van der Waals surface area contributed by atoms with E-state index in [-0.39, 0.29) is 5.82 Å². The van der Waals surface area contributed by atoms with E-state index in [2.05, 4.69) is 0 Å². The van der Waals surface area contributed by atoms with Crippen LogP contribution >= 0.6 is 0 Å². The number of hydrogen-bond donors (Lipinski definition) is 0. The number of halogens is 1. The molecule has 0 bridgehead atoms. The Morgan fingerprint density at radius 1 is 1.46 bits per heavy atom. The molecule has 0 amide bonds. The highest BCUT2D eigenvalue weighted by Crippen LogP contribution is 2.29. The van der Waals surface area contributed by atoms with Crippen molar-refractivity contribution in [2.75, 3.05) is 6.61 Å². The van der Waals surface area contributed by atoms with Crippen molar-refractivity contribution in [2.45, 2.75) is 19.8 Å². The maximum Gasteiger partial charge on any atom is 0.126 e. The zero-order chi connectivity index (χ0) is 9.26. The average Bonchev–Trinajstić information content (AvgIpc) is 2.91. The van der Waals surface area contributed by atoms with Crippen LogP contribution in [0.2, 0.25) is 0 Å². The highest BCUT2D eigenvalue weighted by Gasteiger charge is 2.21. The van der Waals surface area contributed by atoms with Gasteiger partial charge in [-0.15, -0.1) is 0 Å². The van der Waals surface area contributed by atoms with Gasteiger partial charge in [0.15, 0.2) is 0 Å². The van der Waals surface area contributed by atoms with E-state index in [1.54, 1.807) is 19.1 Å². The molecule has 0 unspecified atom stereocenters. The number of aryl methyl sites for hydroxylation is 1. The Labute approximate surface area is 77.5 Å². The predicted octanol–water partition coefficient (Wildman–Crippen LogP) is 2.92. The average molecular weight is 180 g/mol. The van der Waals surface area contributed by atoms with Crippen molar-refractivity contribution in [3.8, 4) is 5.75 Å². The zero-order valence-corrected chi connectivity index (χ0v) is 7.72. The molecule has 0 N–H and O–H groups in total. The van der Waals surface area contributed by atoms with E-state index in [1.807, 2.05) is 0 Å². The predicted molar refractivity (Wildman–Crippen MR) is 49.4 cm³/mol. The molecule has 13 heavy (non-hydrogen) atoms. The van der Waals surface area contributed by atoms with E-state index >= 15 is 0 Å². The summed E-state index contributed by atoms with van der Waals surface area (Å²) in [5, 5.41) is 0. The molecule has 2 heteroatoms. The van der Waals surface area contributed by atoms with Crippen LogP contribution < -0.4 is 4.74 Å². The normalized spacial score (nSPS) is 15.8. The lowest BCUT2D eigenvalue weighted by molar-refractivity contribution is 0.299. The first-order chi connectivity index (χ1) is 6.25. The topological polar surface area (TPSA) is 9.23 Å². The minimum atomic E-state index is -0.168. The van der Waals surface area contributed by atoms with E-state index in [0.29, 0.717) is 5.56 Å². The summed E-state index contributed by atoms with van der Waals surface area (Å²) in [6.45, 7) is 2.53. The van der Waals surface area contributed by atoms with Gasteiger partial charge in [0, 0.05) is 0 Å². The molecule has 2 rings (SSSR count). The second kappa shape index (κ2) is 3.36. The van der Waals surface area contributed by atoms with E-state index in [1.165, 1.54) is 18.9 Å². The van der Waals surface area contributed by atoms with Crippen molar-refractivity contribution in [3.63, 3.8) is 0 Å². The Hall–Kier alpha value is -1.05. The molecular formula is C11H13FO. The summed E-state index contributed by atoms with van der Waals surface area (Å²) in [6, 6.07) is 4.89. The first kappa shape index (κ1) is 8.54. The molecule has 0 radical (unpaired) electrons. The van der Waals surface area contributed by atoms with Crippen molar-refractivity contribution in [3.05, 3.63) is 29.6 Å². The van der Waals surface area contributed by atoms with Crippen molar-refractivity contribution >= 4 is 0 Å². The minimum absolute atomic E-state index is 0.168.